The molecule has 0 fully saturated rings. The molecule has 0 bridgehead atoms. The summed E-state index contributed by atoms with van der Waals surface area (Å²) in [4.78, 5) is 29.0. The fourth-order valence-corrected chi connectivity index (χ4v) is 6.72. The van der Waals surface area contributed by atoms with Crippen LogP contribution >= 0.6 is 31.9 Å². The van der Waals surface area contributed by atoms with Crippen molar-refractivity contribution in [3.05, 3.63) is 79.0 Å². The highest BCUT2D eigenvalue weighted by molar-refractivity contribution is 9.10. The monoisotopic (exact) mass is 613 g/mol. The number of ether oxygens (including phenoxy) is 2. The standard InChI is InChI=1S/C29H29Br2NO4/c1-3-32-21-10-6-12-23(33)27(21)26(28-22(32)11-7-13-24(28)34)18-14-20(31)29(25(15-18)35-2)36-16-17-8-4-5-9-19(17)30/h4-5,8-9,14-15,26H,3,6-7,10-13,16H2,1-2H3. The van der Waals surface area contributed by atoms with Gasteiger partial charge >= 0.3 is 0 Å². The molecule has 2 aromatic carbocycles. The largest absolute Gasteiger partial charge is 0.493 e. The van der Waals surface area contributed by atoms with Crippen molar-refractivity contribution in [3.63, 3.8) is 0 Å². The zero-order valence-electron chi connectivity index (χ0n) is 20.5. The maximum atomic E-state index is 13.4. The highest BCUT2D eigenvalue weighted by Gasteiger charge is 2.43. The van der Waals surface area contributed by atoms with E-state index in [2.05, 4.69) is 43.7 Å². The summed E-state index contributed by atoms with van der Waals surface area (Å²) in [6, 6.07) is 11.9. The van der Waals surface area contributed by atoms with Gasteiger partial charge in [0.05, 0.1) is 11.6 Å². The van der Waals surface area contributed by atoms with E-state index in [1.807, 2.05) is 36.4 Å². The van der Waals surface area contributed by atoms with Gasteiger partial charge in [-0.05, 0) is 72.3 Å². The third-order valence-electron chi connectivity index (χ3n) is 7.32. The van der Waals surface area contributed by atoms with Gasteiger partial charge in [0.15, 0.2) is 23.1 Å². The summed E-state index contributed by atoms with van der Waals surface area (Å²) in [5, 5.41) is 0. The smallest absolute Gasteiger partial charge is 0.175 e. The van der Waals surface area contributed by atoms with Crippen molar-refractivity contribution in [2.45, 2.75) is 58.0 Å². The number of carbonyl (C=O) groups excluding carboxylic acids is 2. The van der Waals surface area contributed by atoms with Crippen LogP contribution in [0.1, 0.15) is 62.5 Å². The van der Waals surface area contributed by atoms with E-state index in [1.165, 1.54) is 0 Å². The van der Waals surface area contributed by atoms with Gasteiger partial charge in [-0.3, -0.25) is 9.59 Å². The number of halogens is 2. The fourth-order valence-electron chi connectivity index (χ4n) is 5.74. The number of Topliss-reactive ketones (excluding diaryl/α,β-unsaturated/α-hetero) is 2. The van der Waals surface area contributed by atoms with Crippen LogP contribution in [0.15, 0.2) is 67.9 Å². The molecule has 2 aromatic rings. The molecule has 0 saturated heterocycles. The SMILES string of the molecule is CCN1C2=C(C(=O)CCC2)C(c2cc(Br)c(OCc3ccccc3Br)c(OC)c2)C2=C1CCCC2=O. The summed E-state index contributed by atoms with van der Waals surface area (Å²) >= 11 is 7.27. The molecule has 0 spiro atoms. The first-order valence-corrected chi connectivity index (χ1v) is 14.1. The first-order chi connectivity index (χ1) is 17.4. The van der Waals surface area contributed by atoms with Gasteiger partial charge in [-0.25, -0.2) is 0 Å². The molecule has 1 heterocycles. The molecule has 5 nitrogen and oxygen atoms in total. The summed E-state index contributed by atoms with van der Waals surface area (Å²) in [5.74, 6) is 1.08. The minimum Gasteiger partial charge on any atom is -0.493 e. The van der Waals surface area contributed by atoms with Gasteiger partial charge in [0.25, 0.3) is 0 Å². The van der Waals surface area contributed by atoms with Gasteiger partial charge in [0.2, 0.25) is 0 Å². The second-order valence-corrected chi connectivity index (χ2v) is 11.1. The molecule has 0 amide bonds. The number of hydrogen-bond acceptors (Lipinski definition) is 5. The highest BCUT2D eigenvalue weighted by Crippen LogP contribution is 2.51. The summed E-state index contributed by atoms with van der Waals surface area (Å²) in [6.45, 7) is 3.23. The van der Waals surface area contributed by atoms with Crippen LogP contribution in [0.3, 0.4) is 0 Å². The molecule has 0 saturated carbocycles. The van der Waals surface area contributed by atoms with Crippen molar-refractivity contribution in [2.24, 2.45) is 0 Å². The third-order valence-corrected chi connectivity index (χ3v) is 8.68. The number of rotatable bonds is 6. The highest BCUT2D eigenvalue weighted by atomic mass is 79.9. The van der Waals surface area contributed by atoms with Gasteiger partial charge in [-0.15, -0.1) is 0 Å². The van der Waals surface area contributed by atoms with E-state index >= 15 is 0 Å². The number of hydrogen-bond donors (Lipinski definition) is 0. The van der Waals surface area contributed by atoms with Crippen LogP contribution in [0, 0.1) is 0 Å². The first-order valence-electron chi connectivity index (χ1n) is 12.5. The Labute approximate surface area is 228 Å². The van der Waals surface area contributed by atoms with Crippen LogP contribution in [0.5, 0.6) is 11.5 Å². The van der Waals surface area contributed by atoms with E-state index in [-0.39, 0.29) is 17.5 Å². The molecule has 36 heavy (non-hydrogen) atoms. The molecule has 5 rings (SSSR count). The van der Waals surface area contributed by atoms with E-state index < -0.39 is 0 Å². The minimum absolute atomic E-state index is 0.147. The lowest BCUT2D eigenvalue weighted by molar-refractivity contribution is -0.117. The molecule has 0 atom stereocenters. The molecule has 7 heteroatoms. The fraction of sp³-hybridized carbons (Fsp3) is 0.379. The molecule has 2 aliphatic carbocycles. The minimum atomic E-state index is -0.374. The number of carbonyl (C=O) groups is 2. The zero-order chi connectivity index (χ0) is 25.4. The van der Waals surface area contributed by atoms with Crippen LogP contribution in [0.2, 0.25) is 0 Å². The maximum Gasteiger partial charge on any atom is 0.175 e. The Morgan fingerprint density at radius 3 is 2.14 bits per heavy atom. The lowest BCUT2D eigenvalue weighted by Gasteiger charge is -2.43. The molecule has 1 aliphatic heterocycles. The average molecular weight is 615 g/mol. The summed E-state index contributed by atoms with van der Waals surface area (Å²) in [6.07, 6.45) is 4.48. The average Bonchev–Trinajstić information content (AvgIpc) is 2.87. The van der Waals surface area contributed by atoms with E-state index in [0.29, 0.717) is 30.9 Å². The molecule has 3 aliphatic rings. The Kier molecular flexibility index (Phi) is 7.40. The quantitative estimate of drug-likeness (QED) is 0.343. The van der Waals surface area contributed by atoms with Crippen molar-refractivity contribution in [1.82, 2.24) is 4.90 Å². The molecule has 188 valence electrons. The summed E-state index contributed by atoms with van der Waals surface area (Å²) in [7, 11) is 1.61. The van der Waals surface area contributed by atoms with Gasteiger partial charge in [-0.2, -0.15) is 0 Å². The molecule has 0 N–H and O–H groups in total. The molecule has 0 radical (unpaired) electrons. The van der Waals surface area contributed by atoms with Crippen LogP contribution in [-0.4, -0.2) is 30.1 Å². The van der Waals surface area contributed by atoms with Gasteiger partial charge in [0, 0.05) is 57.9 Å². The van der Waals surface area contributed by atoms with Gasteiger partial charge in [-0.1, -0.05) is 34.1 Å². The maximum absolute atomic E-state index is 13.4. The van der Waals surface area contributed by atoms with Crippen molar-refractivity contribution in [3.8, 4) is 11.5 Å². The number of allylic oxidation sites excluding steroid dienone is 4. The summed E-state index contributed by atoms with van der Waals surface area (Å²) in [5.41, 5.74) is 5.66. The van der Waals surface area contributed by atoms with Crippen molar-refractivity contribution in [2.75, 3.05) is 13.7 Å². The first kappa shape index (κ1) is 25.3. The van der Waals surface area contributed by atoms with Crippen LogP contribution in [0.4, 0.5) is 0 Å². The number of ketones is 2. The lowest BCUT2D eigenvalue weighted by atomic mass is 9.71. The Morgan fingerprint density at radius 1 is 0.917 bits per heavy atom. The van der Waals surface area contributed by atoms with Gasteiger partial charge in [0.1, 0.15) is 6.61 Å². The topological polar surface area (TPSA) is 55.8 Å². The van der Waals surface area contributed by atoms with Crippen LogP contribution in [-0.2, 0) is 16.2 Å². The van der Waals surface area contributed by atoms with E-state index in [1.54, 1.807) is 7.11 Å². The van der Waals surface area contributed by atoms with E-state index in [4.69, 9.17) is 9.47 Å². The Balaban J connectivity index is 1.60. The van der Waals surface area contributed by atoms with Crippen LogP contribution in [0.25, 0.3) is 0 Å². The second kappa shape index (κ2) is 10.5. The normalized spacial score (nSPS) is 18.4. The van der Waals surface area contributed by atoms with E-state index in [0.717, 1.165) is 74.8 Å². The van der Waals surface area contributed by atoms with Crippen molar-refractivity contribution in [1.29, 1.82) is 0 Å². The van der Waals surface area contributed by atoms with Crippen molar-refractivity contribution >= 4 is 43.4 Å². The number of nitrogens with zero attached hydrogens (tertiary/aromatic N) is 1. The molecule has 0 unspecified atom stereocenters. The second-order valence-electron chi connectivity index (χ2n) is 9.37. The van der Waals surface area contributed by atoms with Crippen LogP contribution < -0.4 is 9.47 Å². The Morgan fingerprint density at radius 2 is 1.56 bits per heavy atom. The van der Waals surface area contributed by atoms with Crippen molar-refractivity contribution < 1.29 is 19.1 Å². The predicted molar refractivity (Wildman–Crippen MR) is 146 cm³/mol. The van der Waals surface area contributed by atoms with E-state index in [9.17, 15) is 9.59 Å². The molecular weight excluding hydrogens is 586 g/mol. The summed E-state index contributed by atoms with van der Waals surface area (Å²) < 4.78 is 13.7. The molecule has 0 aromatic heterocycles. The Hall–Kier alpha value is -2.38. The lowest BCUT2D eigenvalue weighted by Crippen LogP contribution is -2.39. The molecular formula is C29H29Br2NO4. The number of benzene rings is 2. The third kappa shape index (κ3) is 4.45. The number of methoxy groups -OCH3 is 1. The zero-order valence-corrected chi connectivity index (χ0v) is 23.7. The predicted octanol–water partition coefficient (Wildman–Crippen LogP) is 7.23. The Bertz CT molecular complexity index is 1250. The van der Waals surface area contributed by atoms with Gasteiger partial charge < -0.3 is 14.4 Å².